The summed E-state index contributed by atoms with van der Waals surface area (Å²) in [4.78, 5) is 43.0. The number of nitrogens with one attached hydrogen (secondary N) is 2. The Morgan fingerprint density at radius 3 is 2.52 bits per heavy atom. The Kier molecular flexibility index (Phi) is 7.67. The molecule has 3 rings (SSSR count). The molecule has 4 amide bonds. The molecule has 0 bridgehead atoms. The lowest BCUT2D eigenvalue weighted by Gasteiger charge is -2.40. The van der Waals surface area contributed by atoms with E-state index in [1.807, 2.05) is 19.9 Å². The first-order valence-corrected chi connectivity index (χ1v) is 11.3. The molecule has 0 spiro atoms. The summed E-state index contributed by atoms with van der Waals surface area (Å²) in [7, 11) is 2.15. The molecule has 2 heterocycles. The fourth-order valence-electron chi connectivity index (χ4n) is 4.47. The lowest BCUT2D eigenvalue weighted by atomic mass is 9.93. The van der Waals surface area contributed by atoms with E-state index < -0.39 is 11.6 Å². The van der Waals surface area contributed by atoms with Crippen LogP contribution in [0.25, 0.3) is 0 Å². The van der Waals surface area contributed by atoms with E-state index in [0.717, 1.165) is 37.5 Å². The van der Waals surface area contributed by atoms with Crippen LogP contribution in [0.4, 0.5) is 4.79 Å². The number of imide groups is 1. The van der Waals surface area contributed by atoms with Crippen LogP contribution in [0, 0.1) is 0 Å². The van der Waals surface area contributed by atoms with Gasteiger partial charge in [-0.1, -0.05) is 44.2 Å². The van der Waals surface area contributed by atoms with E-state index in [2.05, 4.69) is 51.7 Å². The molecule has 2 N–H and O–H groups in total. The number of rotatable bonds is 9. The topological polar surface area (TPSA) is 85.0 Å². The van der Waals surface area contributed by atoms with Crippen molar-refractivity contribution in [1.82, 2.24) is 25.3 Å². The third kappa shape index (κ3) is 5.25. The van der Waals surface area contributed by atoms with Gasteiger partial charge in [0.15, 0.2) is 0 Å². The number of likely N-dealkylation sites (N-methyl/N-ethyl adjacent to an activating group) is 1. The van der Waals surface area contributed by atoms with E-state index in [0.29, 0.717) is 25.4 Å². The summed E-state index contributed by atoms with van der Waals surface area (Å²) in [5.41, 5.74) is 0.442. The molecule has 2 aliphatic heterocycles. The lowest BCUT2D eigenvalue weighted by molar-refractivity contribution is -0.135. The van der Waals surface area contributed by atoms with E-state index in [-0.39, 0.29) is 18.4 Å². The van der Waals surface area contributed by atoms with E-state index in [1.165, 1.54) is 5.56 Å². The maximum Gasteiger partial charge on any atom is 0.325 e. The number of carbonyl (C=O) groups excluding carboxylic acids is 3. The van der Waals surface area contributed by atoms with Crippen LogP contribution in [-0.4, -0.2) is 84.4 Å². The fraction of sp³-hybridized carbons (Fsp3) is 0.609. The van der Waals surface area contributed by atoms with Crippen LogP contribution in [0.5, 0.6) is 0 Å². The molecule has 8 heteroatoms. The van der Waals surface area contributed by atoms with Gasteiger partial charge in [0.1, 0.15) is 12.1 Å². The van der Waals surface area contributed by atoms with E-state index in [4.69, 9.17) is 0 Å². The number of hydrogen-bond donors (Lipinski definition) is 2. The maximum absolute atomic E-state index is 12.6. The van der Waals surface area contributed by atoms with Gasteiger partial charge in [0.05, 0.1) is 0 Å². The number of benzene rings is 1. The SMILES string of the molecule is CCC1(CC)NC(=O)N(CC(=O)NCCCN2CCN(C)CC2c2ccccc2)C1=O. The fourth-order valence-corrected chi connectivity index (χ4v) is 4.47. The molecule has 2 saturated heterocycles. The van der Waals surface area contributed by atoms with Crippen molar-refractivity contribution in [2.75, 3.05) is 46.3 Å². The van der Waals surface area contributed by atoms with Gasteiger partial charge in [-0.15, -0.1) is 0 Å². The predicted molar refractivity (Wildman–Crippen MR) is 119 cm³/mol. The molecule has 170 valence electrons. The summed E-state index contributed by atoms with van der Waals surface area (Å²) in [6, 6.07) is 10.4. The van der Waals surface area contributed by atoms with Crippen molar-refractivity contribution in [1.29, 1.82) is 0 Å². The Balaban J connectivity index is 1.46. The molecule has 0 radical (unpaired) electrons. The van der Waals surface area contributed by atoms with E-state index >= 15 is 0 Å². The van der Waals surface area contributed by atoms with Crippen molar-refractivity contribution in [3.05, 3.63) is 35.9 Å². The van der Waals surface area contributed by atoms with Crippen molar-refractivity contribution in [3.63, 3.8) is 0 Å². The van der Waals surface area contributed by atoms with Crippen LogP contribution in [0.1, 0.15) is 44.7 Å². The van der Waals surface area contributed by atoms with Gasteiger partial charge >= 0.3 is 6.03 Å². The normalized spacial score (nSPS) is 21.9. The zero-order chi connectivity index (χ0) is 22.4. The predicted octanol–water partition coefficient (Wildman–Crippen LogP) is 1.59. The average molecular weight is 430 g/mol. The molecule has 0 aliphatic carbocycles. The largest absolute Gasteiger partial charge is 0.354 e. The van der Waals surface area contributed by atoms with Crippen LogP contribution < -0.4 is 10.6 Å². The Hall–Kier alpha value is -2.45. The van der Waals surface area contributed by atoms with Crippen molar-refractivity contribution in [2.45, 2.75) is 44.7 Å². The van der Waals surface area contributed by atoms with Gasteiger partial charge in [0, 0.05) is 38.8 Å². The molecular formula is C23H35N5O3. The minimum absolute atomic E-state index is 0.229. The summed E-state index contributed by atoms with van der Waals surface area (Å²) in [6.45, 7) is 7.90. The van der Waals surface area contributed by atoms with Crippen molar-refractivity contribution in [3.8, 4) is 0 Å². The van der Waals surface area contributed by atoms with Crippen LogP contribution >= 0.6 is 0 Å². The molecule has 1 atom stereocenters. The van der Waals surface area contributed by atoms with E-state index in [9.17, 15) is 14.4 Å². The van der Waals surface area contributed by atoms with Crippen molar-refractivity contribution in [2.24, 2.45) is 0 Å². The standard InChI is InChI=1S/C23H35N5O3/c1-4-23(5-2)21(30)28(22(31)25-23)17-20(29)24-12-9-13-27-15-14-26(3)16-19(27)18-10-7-6-8-11-18/h6-8,10-11,19H,4-5,9,12-17H2,1-3H3,(H,24,29)(H,25,31). The monoisotopic (exact) mass is 429 g/mol. The highest BCUT2D eigenvalue weighted by atomic mass is 16.2. The van der Waals surface area contributed by atoms with Gasteiger partial charge in [0.25, 0.3) is 5.91 Å². The smallest absolute Gasteiger partial charge is 0.325 e. The third-order valence-electron chi connectivity index (χ3n) is 6.58. The van der Waals surface area contributed by atoms with Gasteiger partial charge in [-0.25, -0.2) is 4.79 Å². The van der Waals surface area contributed by atoms with Crippen molar-refractivity contribution < 1.29 is 14.4 Å². The van der Waals surface area contributed by atoms with Crippen molar-refractivity contribution >= 4 is 17.8 Å². The minimum Gasteiger partial charge on any atom is -0.354 e. The van der Waals surface area contributed by atoms with Crippen LogP contribution in [0.15, 0.2) is 30.3 Å². The van der Waals surface area contributed by atoms with Crippen LogP contribution in [0.3, 0.4) is 0 Å². The quantitative estimate of drug-likeness (QED) is 0.460. The second-order valence-electron chi connectivity index (χ2n) is 8.54. The van der Waals surface area contributed by atoms with Gasteiger partial charge in [-0.3, -0.25) is 19.4 Å². The zero-order valence-electron chi connectivity index (χ0n) is 18.9. The molecule has 31 heavy (non-hydrogen) atoms. The minimum atomic E-state index is -0.870. The van der Waals surface area contributed by atoms with Gasteiger partial charge in [-0.2, -0.15) is 0 Å². The molecule has 2 fully saturated rings. The number of amides is 4. The first-order chi connectivity index (χ1) is 14.9. The molecule has 1 aromatic carbocycles. The first-order valence-electron chi connectivity index (χ1n) is 11.3. The van der Waals surface area contributed by atoms with E-state index in [1.54, 1.807) is 0 Å². The number of carbonyl (C=O) groups is 3. The van der Waals surface area contributed by atoms with Gasteiger partial charge in [-0.05, 0) is 31.9 Å². The van der Waals surface area contributed by atoms with Gasteiger partial charge in [0.2, 0.25) is 5.91 Å². The Labute approximate surface area is 184 Å². The summed E-state index contributed by atoms with van der Waals surface area (Å²) in [5.74, 6) is -0.606. The summed E-state index contributed by atoms with van der Waals surface area (Å²) in [6.07, 6.45) is 1.84. The highest BCUT2D eigenvalue weighted by Crippen LogP contribution is 2.25. The first kappa shape index (κ1) is 23.2. The average Bonchev–Trinajstić information content (AvgIpc) is 3.02. The Bertz CT molecular complexity index is 781. The highest BCUT2D eigenvalue weighted by Gasteiger charge is 2.49. The number of nitrogens with zero attached hydrogens (tertiary/aromatic N) is 3. The summed E-state index contributed by atoms with van der Waals surface area (Å²) < 4.78 is 0. The molecule has 0 saturated carbocycles. The summed E-state index contributed by atoms with van der Waals surface area (Å²) >= 11 is 0. The third-order valence-corrected chi connectivity index (χ3v) is 6.58. The Morgan fingerprint density at radius 1 is 1.16 bits per heavy atom. The highest BCUT2D eigenvalue weighted by molar-refractivity contribution is 6.08. The maximum atomic E-state index is 12.6. The molecule has 2 aliphatic rings. The summed E-state index contributed by atoms with van der Waals surface area (Å²) in [5, 5.41) is 5.62. The van der Waals surface area contributed by atoms with Gasteiger partial charge < -0.3 is 15.5 Å². The van der Waals surface area contributed by atoms with Crippen LogP contribution in [-0.2, 0) is 9.59 Å². The molecule has 0 aromatic heterocycles. The molecule has 1 aromatic rings. The second kappa shape index (κ2) is 10.2. The number of piperazine rings is 1. The lowest BCUT2D eigenvalue weighted by Crippen LogP contribution is -2.48. The van der Waals surface area contributed by atoms with Crippen LogP contribution in [0.2, 0.25) is 0 Å². The number of urea groups is 1. The second-order valence-corrected chi connectivity index (χ2v) is 8.54. The number of hydrogen-bond acceptors (Lipinski definition) is 5. The molecule has 1 unspecified atom stereocenters. The molecular weight excluding hydrogens is 394 g/mol. The molecule has 8 nitrogen and oxygen atoms in total. The zero-order valence-corrected chi connectivity index (χ0v) is 18.9. The Morgan fingerprint density at radius 2 is 1.87 bits per heavy atom.